The van der Waals surface area contributed by atoms with Gasteiger partial charge in [0.1, 0.15) is 17.5 Å². The van der Waals surface area contributed by atoms with Crippen molar-refractivity contribution in [3.63, 3.8) is 0 Å². The largest absolute Gasteiger partial charge is 0.507 e. The summed E-state index contributed by atoms with van der Waals surface area (Å²) in [5.74, 6) is 1.94. The van der Waals surface area contributed by atoms with E-state index in [0.717, 1.165) is 6.42 Å². The van der Waals surface area contributed by atoms with Crippen LogP contribution in [0.5, 0.6) is 11.5 Å². The van der Waals surface area contributed by atoms with Gasteiger partial charge in [0.25, 0.3) is 0 Å². The SMILES string of the molecule is COc1cc(O)c2c(c1C)C(=O)OCCCCC(=S)N[C@H](c1nc(C)no1)CSC2. The highest BCUT2D eigenvalue weighted by molar-refractivity contribution is 7.98. The van der Waals surface area contributed by atoms with Crippen molar-refractivity contribution in [3.8, 4) is 11.5 Å². The van der Waals surface area contributed by atoms with Gasteiger partial charge in [0.2, 0.25) is 5.89 Å². The lowest BCUT2D eigenvalue weighted by atomic mass is 10.0. The summed E-state index contributed by atoms with van der Waals surface area (Å²) in [6.45, 7) is 3.82. The molecule has 162 valence electrons. The normalized spacial score (nSPS) is 18.7. The van der Waals surface area contributed by atoms with Crippen LogP contribution in [-0.2, 0) is 10.5 Å². The van der Waals surface area contributed by atoms with E-state index in [1.807, 2.05) is 0 Å². The summed E-state index contributed by atoms with van der Waals surface area (Å²) in [6, 6.07) is 1.26. The number of carbonyl (C=O) groups excluding carboxylic acids is 1. The van der Waals surface area contributed by atoms with Crippen LogP contribution in [0.4, 0.5) is 0 Å². The second-order valence-electron chi connectivity index (χ2n) is 6.98. The number of rotatable bonds is 2. The fourth-order valence-electron chi connectivity index (χ4n) is 3.23. The van der Waals surface area contributed by atoms with Crippen LogP contribution >= 0.6 is 24.0 Å². The predicted molar refractivity (Wildman–Crippen MR) is 117 cm³/mol. The Morgan fingerprint density at radius 1 is 1.37 bits per heavy atom. The molecule has 3 rings (SSSR count). The van der Waals surface area contributed by atoms with Gasteiger partial charge in [-0.3, -0.25) is 0 Å². The number of thiocarbonyl (C=S) groups is 1. The van der Waals surface area contributed by atoms with E-state index in [0.29, 0.717) is 63.5 Å². The molecule has 0 saturated carbocycles. The van der Waals surface area contributed by atoms with Crippen LogP contribution < -0.4 is 10.1 Å². The third kappa shape index (κ3) is 5.23. The van der Waals surface area contributed by atoms with Crippen LogP contribution in [0.3, 0.4) is 0 Å². The minimum atomic E-state index is -0.459. The molecule has 30 heavy (non-hydrogen) atoms. The molecule has 0 amide bonds. The Bertz CT molecular complexity index is 931. The molecule has 0 fully saturated rings. The molecule has 1 aromatic heterocycles. The number of thioether (sulfide) groups is 1. The lowest BCUT2D eigenvalue weighted by molar-refractivity contribution is 0.0496. The number of cyclic esters (lactones) is 1. The lowest BCUT2D eigenvalue weighted by Gasteiger charge is -2.20. The van der Waals surface area contributed by atoms with Gasteiger partial charge in [-0.1, -0.05) is 17.4 Å². The fourth-order valence-corrected chi connectivity index (χ4v) is 4.59. The third-order valence-corrected chi connectivity index (χ3v) is 6.17. The van der Waals surface area contributed by atoms with Crippen molar-refractivity contribution in [1.29, 1.82) is 0 Å². The third-order valence-electron chi connectivity index (χ3n) is 4.79. The Morgan fingerprint density at radius 3 is 2.87 bits per heavy atom. The number of aryl methyl sites for hydroxylation is 1. The molecule has 0 unspecified atom stereocenters. The molecule has 2 heterocycles. The van der Waals surface area contributed by atoms with E-state index in [1.54, 1.807) is 13.8 Å². The van der Waals surface area contributed by atoms with Crippen LogP contribution in [0.2, 0.25) is 0 Å². The molecule has 1 aliphatic heterocycles. The fraction of sp³-hybridized carbons (Fsp3) is 0.500. The van der Waals surface area contributed by atoms with Crippen molar-refractivity contribution >= 4 is 34.9 Å². The van der Waals surface area contributed by atoms with Crippen molar-refractivity contribution in [3.05, 3.63) is 34.5 Å². The number of nitrogens with one attached hydrogen (secondary N) is 1. The number of phenolic OH excluding ortho intramolecular Hbond substituents is 1. The molecular formula is C20H25N3O5S2. The number of hydrogen-bond acceptors (Lipinski definition) is 9. The zero-order chi connectivity index (χ0) is 21.7. The number of phenols is 1. The molecule has 1 aromatic carbocycles. The maximum Gasteiger partial charge on any atom is 0.338 e. The maximum absolute atomic E-state index is 12.8. The molecule has 0 spiro atoms. The van der Waals surface area contributed by atoms with E-state index in [-0.39, 0.29) is 18.4 Å². The Morgan fingerprint density at radius 2 is 2.17 bits per heavy atom. The van der Waals surface area contributed by atoms with Crippen LogP contribution in [0.15, 0.2) is 10.6 Å². The summed E-state index contributed by atoms with van der Waals surface area (Å²) in [6.07, 6.45) is 2.12. The first-order valence-corrected chi connectivity index (χ1v) is 11.2. The molecule has 2 N–H and O–H groups in total. The van der Waals surface area contributed by atoms with Crippen LogP contribution in [0, 0.1) is 13.8 Å². The minimum absolute atomic E-state index is 0.00217. The molecule has 0 radical (unpaired) electrons. The second kappa shape index (κ2) is 10.1. The van der Waals surface area contributed by atoms with Gasteiger partial charge in [-0.2, -0.15) is 16.7 Å². The molecule has 0 aliphatic carbocycles. The summed E-state index contributed by atoms with van der Waals surface area (Å²) < 4.78 is 16.1. The number of methoxy groups -OCH3 is 1. The standard InChI is InChI=1S/C20H25N3O5S2/c1-11-16(26-3)8-15(24)13-9-30-10-14(19-21-12(2)23-28-19)22-17(29)6-4-5-7-27-20(25)18(11)13/h8,14,24H,4-7,9-10H2,1-3H3,(H,22,29)/t14-/m0/s1. The van der Waals surface area contributed by atoms with Gasteiger partial charge < -0.3 is 24.4 Å². The average molecular weight is 452 g/mol. The molecule has 0 saturated heterocycles. The van der Waals surface area contributed by atoms with Crippen LogP contribution in [0.1, 0.15) is 58.5 Å². The van der Waals surface area contributed by atoms with Crippen molar-refractivity contribution in [2.45, 2.75) is 44.9 Å². The van der Waals surface area contributed by atoms with E-state index >= 15 is 0 Å². The number of hydrogen-bond donors (Lipinski definition) is 2. The molecule has 1 aliphatic rings. The highest BCUT2D eigenvalue weighted by atomic mass is 32.2. The molecule has 1 atom stereocenters. The number of aromatic nitrogens is 2. The summed E-state index contributed by atoms with van der Waals surface area (Å²) in [5.41, 5.74) is 1.51. The Hall–Kier alpha value is -2.33. The van der Waals surface area contributed by atoms with Gasteiger partial charge in [0.15, 0.2) is 5.82 Å². The number of benzene rings is 1. The Kier molecular flexibility index (Phi) is 7.54. The topological polar surface area (TPSA) is 107 Å². The Labute approximate surface area is 184 Å². The molecule has 10 heteroatoms. The zero-order valence-electron chi connectivity index (χ0n) is 17.2. The summed E-state index contributed by atoms with van der Waals surface area (Å²) in [5, 5.41) is 17.7. The monoisotopic (exact) mass is 451 g/mol. The molecule has 2 aromatic rings. The van der Waals surface area contributed by atoms with Crippen molar-refractivity contribution in [1.82, 2.24) is 15.5 Å². The van der Waals surface area contributed by atoms with E-state index in [9.17, 15) is 9.90 Å². The highest BCUT2D eigenvalue weighted by Crippen LogP contribution is 2.36. The number of ether oxygens (including phenoxy) is 2. The average Bonchev–Trinajstić information content (AvgIpc) is 3.14. The summed E-state index contributed by atoms with van der Waals surface area (Å²) in [4.78, 5) is 17.8. The number of nitrogens with zero attached hydrogens (tertiary/aromatic N) is 2. The van der Waals surface area contributed by atoms with Crippen molar-refractivity contribution < 1.29 is 23.9 Å². The van der Waals surface area contributed by atoms with Gasteiger partial charge in [-0.15, -0.1) is 0 Å². The number of fused-ring (bicyclic) bond motifs is 1. The van der Waals surface area contributed by atoms with Gasteiger partial charge in [0, 0.05) is 28.7 Å². The first kappa shape index (κ1) is 22.4. The van der Waals surface area contributed by atoms with Crippen molar-refractivity contribution in [2.24, 2.45) is 0 Å². The zero-order valence-corrected chi connectivity index (χ0v) is 18.8. The van der Waals surface area contributed by atoms with E-state index in [2.05, 4.69) is 15.5 Å². The first-order chi connectivity index (χ1) is 14.4. The van der Waals surface area contributed by atoms with Gasteiger partial charge in [-0.05, 0) is 33.1 Å². The number of aromatic hydroxyl groups is 1. The van der Waals surface area contributed by atoms with E-state index in [1.165, 1.54) is 24.9 Å². The number of carbonyl (C=O) groups is 1. The highest BCUT2D eigenvalue weighted by Gasteiger charge is 2.25. The smallest absolute Gasteiger partial charge is 0.338 e. The Balaban J connectivity index is 1.91. The minimum Gasteiger partial charge on any atom is -0.507 e. The predicted octanol–water partition coefficient (Wildman–Crippen LogP) is 3.63. The lowest BCUT2D eigenvalue weighted by Crippen LogP contribution is -2.29. The maximum atomic E-state index is 12.8. The van der Waals surface area contributed by atoms with E-state index < -0.39 is 5.97 Å². The first-order valence-electron chi connectivity index (χ1n) is 9.64. The molecule has 0 bridgehead atoms. The van der Waals surface area contributed by atoms with Gasteiger partial charge in [0.05, 0.1) is 24.3 Å². The summed E-state index contributed by atoms with van der Waals surface area (Å²) >= 11 is 6.98. The molecule has 8 nitrogen and oxygen atoms in total. The number of esters is 1. The van der Waals surface area contributed by atoms with Gasteiger partial charge >= 0.3 is 5.97 Å². The van der Waals surface area contributed by atoms with Crippen molar-refractivity contribution in [2.75, 3.05) is 19.5 Å². The van der Waals surface area contributed by atoms with Gasteiger partial charge in [-0.25, -0.2) is 4.79 Å². The summed E-state index contributed by atoms with van der Waals surface area (Å²) in [7, 11) is 1.50. The molecular weight excluding hydrogens is 426 g/mol. The second-order valence-corrected chi connectivity index (χ2v) is 8.51. The van der Waals surface area contributed by atoms with Crippen LogP contribution in [0.25, 0.3) is 0 Å². The quantitative estimate of drug-likeness (QED) is 0.519. The van der Waals surface area contributed by atoms with Crippen LogP contribution in [-0.4, -0.2) is 45.7 Å². The van der Waals surface area contributed by atoms with E-state index in [4.69, 9.17) is 26.2 Å².